The molecule has 0 atom stereocenters. The van der Waals surface area contributed by atoms with Crippen LogP contribution in [-0.4, -0.2) is 40.8 Å². The van der Waals surface area contributed by atoms with Gasteiger partial charge in [0.15, 0.2) is 15.8 Å². The predicted octanol–water partition coefficient (Wildman–Crippen LogP) is 2.60. The Morgan fingerprint density at radius 1 is 1.08 bits per heavy atom. The van der Waals surface area contributed by atoms with Crippen LogP contribution in [0, 0.1) is 0 Å². The molecule has 8 heteroatoms. The van der Waals surface area contributed by atoms with Crippen molar-refractivity contribution in [3.8, 4) is 5.75 Å². The third-order valence-electron chi connectivity index (χ3n) is 3.68. The van der Waals surface area contributed by atoms with Crippen LogP contribution >= 0.6 is 15.9 Å². The van der Waals surface area contributed by atoms with Crippen molar-refractivity contribution in [1.29, 1.82) is 0 Å². The highest BCUT2D eigenvalue weighted by Crippen LogP contribution is 2.15. The van der Waals surface area contributed by atoms with Crippen LogP contribution in [0.4, 0.5) is 0 Å². The summed E-state index contributed by atoms with van der Waals surface area (Å²) in [6.07, 6.45) is 0. The topological polar surface area (TPSA) is 79.8 Å². The van der Waals surface area contributed by atoms with Crippen molar-refractivity contribution in [3.05, 3.63) is 58.6 Å². The Labute approximate surface area is 162 Å². The molecule has 0 amide bonds. The molecule has 140 valence electrons. The zero-order chi connectivity index (χ0) is 19.0. The molecule has 0 bridgehead atoms. The molecule has 2 rings (SSSR count). The van der Waals surface area contributed by atoms with E-state index < -0.39 is 9.84 Å². The van der Waals surface area contributed by atoms with E-state index in [4.69, 9.17) is 4.74 Å². The van der Waals surface area contributed by atoms with Crippen LogP contribution < -0.4 is 15.4 Å². The molecule has 26 heavy (non-hydrogen) atoms. The first-order valence-electron chi connectivity index (χ1n) is 8.00. The molecule has 2 aromatic rings. The molecule has 0 spiro atoms. The number of hydrogen-bond acceptors (Lipinski definition) is 4. The summed E-state index contributed by atoms with van der Waals surface area (Å²) in [7, 11) is -0.0640. The molecular weight excluding hydrogens is 418 g/mol. The zero-order valence-corrected chi connectivity index (χ0v) is 17.1. The first-order valence-corrected chi connectivity index (χ1v) is 10.4. The molecule has 2 aromatic carbocycles. The van der Waals surface area contributed by atoms with Crippen molar-refractivity contribution in [2.75, 3.05) is 26.5 Å². The van der Waals surface area contributed by atoms with Gasteiger partial charge in [-0.15, -0.1) is 0 Å². The van der Waals surface area contributed by atoms with Gasteiger partial charge in [-0.3, -0.25) is 4.99 Å². The number of methoxy groups -OCH3 is 1. The van der Waals surface area contributed by atoms with Gasteiger partial charge in [-0.2, -0.15) is 0 Å². The van der Waals surface area contributed by atoms with Gasteiger partial charge in [0.05, 0.1) is 17.8 Å². The van der Waals surface area contributed by atoms with Crippen LogP contribution in [0.3, 0.4) is 0 Å². The van der Waals surface area contributed by atoms with Gasteiger partial charge in [-0.25, -0.2) is 8.42 Å². The van der Waals surface area contributed by atoms with Crippen LogP contribution in [0.5, 0.6) is 5.75 Å². The summed E-state index contributed by atoms with van der Waals surface area (Å²) < 4.78 is 30.6. The largest absolute Gasteiger partial charge is 0.497 e. The average Bonchev–Trinajstić information content (AvgIpc) is 2.65. The second kappa shape index (κ2) is 9.59. The van der Waals surface area contributed by atoms with E-state index in [-0.39, 0.29) is 12.3 Å². The van der Waals surface area contributed by atoms with Crippen molar-refractivity contribution < 1.29 is 13.2 Å². The fraction of sp³-hybridized carbons (Fsp3) is 0.278. The Hall–Kier alpha value is -2.06. The number of hydrogen-bond donors (Lipinski definition) is 2. The van der Waals surface area contributed by atoms with Crippen LogP contribution in [0.15, 0.2) is 62.9 Å². The van der Waals surface area contributed by atoms with Crippen molar-refractivity contribution in [2.24, 2.45) is 4.99 Å². The first-order chi connectivity index (χ1) is 12.4. The van der Waals surface area contributed by atoms with Crippen molar-refractivity contribution in [3.63, 3.8) is 0 Å². The molecule has 2 N–H and O–H groups in total. The lowest BCUT2D eigenvalue weighted by atomic mass is 10.2. The van der Waals surface area contributed by atoms with Crippen molar-refractivity contribution in [2.45, 2.75) is 11.4 Å². The highest BCUT2D eigenvalue weighted by atomic mass is 79.9. The smallest absolute Gasteiger partial charge is 0.191 e. The highest BCUT2D eigenvalue weighted by molar-refractivity contribution is 9.10. The molecule has 0 aliphatic rings. The molecule has 0 fully saturated rings. The van der Waals surface area contributed by atoms with Gasteiger partial charge >= 0.3 is 0 Å². The molecule has 0 saturated heterocycles. The maximum Gasteiger partial charge on any atom is 0.191 e. The lowest BCUT2D eigenvalue weighted by Gasteiger charge is -2.12. The third-order valence-corrected chi connectivity index (χ3v) is 5.94. The number of rotatable bonds is 7. The van der Waals surface area contributed by atoms with E-state index in [9.17, 15) is 8.42 Å². The second-order valence-electron chi connectivity index (χ2n) is 5.47. The minimum atomic E-state index is -3.34. The van der Waals surface area contributed by atoms with Gasteiger partial charge in [-0.05, 0) is 42.0 Å². The second-order valence-corrected chi connectivity index (χ2v) is 8.50. The number of ether oxygens (including phenoxy) is 1. The Bertz CT molecular complexity index is 835. The lowest BCUT2D eigenvalue weighted by molar-refractivity contribution is 0.414. The maximum atomic E-state index is 12.3. The van der Waals surface area contributed by atoms with E-state index in [1.807, 2.05) is 24.3 Å². The number of halogens is 1. The van der Waals surface area contributed by atoms with Crippen LogP contribution in [-0.2, 0) is 16.4 Å². The number of sulfone groups is 1. The Morgan fingerprint density at radius 3 is 2.31 bits per heavy atom. The Morgan fingerprint density at radius 2 is 1.73 bits per heavy atom. The van der Waals surface area contributed by atoms with Crippen LogP contribution in [0.1, 0.15) is 5.56 Å². The number of nitrogens with one attached hydrogen (secondary N) is 2. The molecular formula is C18H22BrN3O3S. The van der Waals surface area contributed by atoms with Gasteiger partial charge in [0.2, 0.25) is 0 Å². The summed E-state index contributed by atoms with van der Waals surface area (Å²) >= 11 is 3.30. The average molecular weight is 440 g/mol. The maximum absolute atomic E-state index is 12.3. The number of aliphatic imine (C=N–C) groups is 1. The van der Waals surface area contributed by atoms with Gasteiger partial charge in [0.1, 0.15) is 5.75 Å². The standard InChI is InChI=1S/C18H22BrN3O3S/c1-20-18(22-13-14-3-7-16(25-2)8-4-14)21-11-12-26(23,24)17-9-5-15(19)6-10-17/h3-10H,11-13H2,1-2H3,(H2,20,21,22). The Balaban J connectivity index is 1.83. The fourth-order valence-corrected chi connectivity index (χ4v) is 3.63. The number of nitrogens with zero attached hydrogens (tertiary/aromatic N) is 1. The SMILES string of the molecule is CN=C(NCCS(=O)(=O)c1ccc(Br)cc1)NCc1ccc(OC)cc1. The van der Waals surface area contributed by atoms with Crippen molar-refractivity contribution >= 4 is 31.7 Å². The molecule has 0 aromatic heterocycles. The fourth-order valence-electron chi connectivity index (χ4n) is 2.21. The Kier molecular flexibility index (Phi) is 7.47. The quantitative estimate of drug-likeness (QED) is 0.511. The molecule has 6 nitrogen and oxygen atoms in total. The third kappa shape index (κ3) is 6.03. The van der Waals surface area contributed by atoms with Gasteiger partial charge in [0, 0.05) is 24.6 Å². The number of benzene rings is 2. The summed E-state index contributed by atoms with van der Waals surface area (Å²) in [6.45, 7) is 0.837. The molecule has 0 aliphatic heterocycles. The summed E-state index contributed by atoms with van der Waals surface area (Å²) in [6, 6.07) is 14.3. The normalized spacial score (nSPS) is 11.9. The summed E-state index contributed by atoms with van der Waals surface area (Å²) in [5.74, 6) is 1.33. The molecule has 0 unspecified atom stereocenters. The predicted molar refractivity (Wildman–Crippen MR) is 107 cm³/mol. The van der Waals surface area contributed by atoms with E-state index >= 15 is 0 Å². The minimum Gasteiger partial charge on any atom is -0.497 e. The zero-order valence-electron chi connectivity index (χ0n) is 14.7. The van der Waals surface area contributed by atoms with Gasteiger partial charge < -0.3 is 15.4 Å². The highest BCUT2D eigenvalue weighted by Gasteiger charge is 2.14. The van der Waals surface area contributed by atoms with Crippen LogP contribution in [0.2, 0.25) is 0 Å². The molecule has 0 radical (unpaired) electrons. The summed E-state index contributed by atoms with van der Waals surface area (Å²) in [4.78, 5) is 4.42. The van der Waals surface area contributed by atoms with Crippen LogP contribution in [0.25, 0.3) is 0 Å². The summed E-state index contributed by atoms with van der Waals surface area (Å²) in [5.41, 5.74) is 1.07. The van der Waals surface area contributed by atoms with E-state index in [1.165, 1.54) is 0 Å². The van der Waals surface area contributed by atoms with Gasteiger partial charge in [-0.1, -0.05) is 28.1 Å². The van der Waals surface area contributed by atoms with Gasteiger partial charge in [0.25, 0.3) is 0 Å². The van der Waals surface area contributed by atoms with Crippen molar-refractivity contribution in [1.82, 2.24) is 10.6 Å². The minimum absolute atomic E-state index is 0.0160. The molecule has 0 heterocycles. The molecule has 0 aliphatic carbocycles. The lowest BCUT2D eigenvalue weighted by Crippen LogP contribution is -2.39. The van der Waals surface area contributed by atoms with E-state index in [0.717, 1.165) is 15.8 Å². The monoisotopic (exact) mass is 439 g/mol. The summed E-state index contributed by atoms with van der Waals surface area (Å²) in [5, 5.41) is 6.18. The molecule has 0 saturated carbocycles. The first kappa shape index (κ1) is 20.3. The number of guanidine groups is 1. The van der Waals surface area contributed by atoms with E-state index in [2.05, 4.69) is 31.6 Å². The van der Waals surface area contributed by atoms with E-state index in [0.29, 0.717) is 17.4 Å². The van der Waals surface area contributed by atoms with E-state index in [1.54, 1.807) is 38.4 Å².